The molecule has 0 atom stereocenters. The lowest BCUT2D eigenvalue weighted by molar-refractivity contribution is -0.136. The number of rotatable bonds is 5. The molecule has 0 aromatic heterocycles. The Labute approximate surface area is 146 Å². The van der Waals surface area contributed by atoms with Crippen LogP contribution < -0.4 is 14.2 Å². The Kier molecular flexibility index (Phi) is 4.65. The molecule has 0 bridgehead atoms. The van der Waals surface area contributed by atoms with E-state index in [9.17, 15) is 4.79 Å². The highest BCUT2D eigenvalue weighted by atomic mass is 16.5. The van der Waals surface area contributed by atoms with Crippen molar-refractivity contribution in [2.75, 3.05) is 28.4 Å². The summed E-state index contributed by atoms with van der Waals surface area (Å²) in [6, 6.07) is 11.6. The van der Waals surface area contributed by atoms with Crippen LogP contribution in [0.4, 0.5) is 0 Å². The summed E-state index contributed by atoms with van der Waals surface area (Å²) in [7, 11) is 6.09. The molecule has 5 nitrogen and oxygen atoms in total. The van der Waals surface area contributed by atoms with Crippen molar-refractivity contribution < 1.29 is 23.7 Å². The van der Waals surface area contributed by atoms with E-state index in [0.717, 1.165) is 22.3 Å². The zero-order valence-corrected chi connectivity index (χ0v) is 14.7. The first kappa shape index (κ1) is 16.9. The van der Waals surface area contributed by atoms with Crippen molar-refractivity contribution in [2.24, 2.45) is 0 Å². The molecule has 2 aromatic rings. The van der Waals surface area contributed by atoms with Crippen LogP contribution in [0.1, 0.15) is 16.7 Å². The summed E-state index contributed by atoms with van der Waals surface area (Å²) in [6.07, 6.45) is 0.537. The Bertz CT molecular complexity index is 826. The van der Waals surface area contributed by atoms with Gasteiger partial charge in [-0.15, -0.1) is 0 Å². The molecule has 0 saturated carbocycles. The highest BCUT2D eigenvalue weighted by Crippen LogP contribution is 2.44. The molecule has 2 aromatic carbocycles. The topological polar surface area (TPSA) is 54.0 Å². The molecule has 130 valence electrons. The standard InChI is InChI=1S/C20H20O5/c1-22-16-10-13(11-17(23-2)19(16)24-3)18-14-8-6-5-7-12(14)9-15(18)20(21)25-4/h5-8,10-11H,9H2,1-4H3. The summed E-state index contributed by atoms with van der Waals surface area (Å²) in [5.41, 5.74) is 4.38. The molecular weight excluding hydrogens is 320 g/mol. The van der Waals surface area contributed by atoms with Gasteiger partial charge in [0.25, 0.3) is 0 Å². The fourth-order valence-electron chi connectivity index (χ4n) is 3.21. The fourth-order valence-corrected chi connectivity index (χ4v) is 3.21. The van der Waals surface area contributed by atoms with E-state index in [1.807, 2.05) is 36.4 Å². The largest absolute Gasteiger partial charge is 0.493 e. The minimum absolute atomic E-state index is 0.333. The van der Waals surface area contributed by atoms with Gasteiger partial charge in [-0.25, -0.2) is 4.79 Å². The molecule has 0 N–H and O–H groups in total. The average Bonchev–Trinajstić information content (AvgIpc) is 3.05. The number of fused-ring (bicyclic) bond motifs is 1. The Morgan fingerprint density at radius 3 is 2.12 bits per heavy atom. The van der Waals surface area contributed by atoms with E-state index in [1.165, 1.54) is 7.11 Å². The highest BCUT2D eigenvalue weighted by molar-refractivity contribution is 6.05. The molecule has 5 heteroatoms. The van der Waals surface area contributed by atoms with E-state index in [1.54, 1.807) is 21.3 Å². The van der Waals surface area contributed by atoms with Crippen molar-refractivity contribution in [2.45, 2.75) is 6.42 Å². The fraction of sp³-hybridized carbons (Fsp3) is 0.250. The van der Waals surface area contributed by atoms with E-state index in [2.05, 4.69) is 0 Å². The number of methoxy groups -OCH3 is 4. The van der Waals surface area contributed by atoms with Gasteiger partial charge in [-0.3, -0.25) is 0 Å². The van der Waals surface area contributed by atoms with Gasteiger partial charge in [0.1, 0.15) is 0 Å². The smallest absolute Gasteiger partial charge is 0.334 e. The molecule has 3 rings (SSSR count). The van der Waals surface area contributed by atoms with Gasteiger partial charge in [0, 0.05) is 17.6 Å². The maximum atomic E-state index is 12.3. The zero-order chi connectivity index (χ0) is 18.0. The third kappa shape index (κ3) is 2.82. The SMILES string of the molecule is COC(=O)C1=C(c2cc(OC)c(OC)c(OC)c2)c2ccccc2C1. The normalized spacial score (nSPS) is 12.6. The molecule has 1 aliphatic rings. The maximum Gasteiger partial charge on any atom is 0.334 e. The predicted molar refractivity (Wildman–Crippen MR) is 94.3 cm³/mol. The van der Waals surface area contributed by atoms with Crippen LogP contribution in [-0.4, -0.2) is 34.4 Å². The molecule has 0 fully saturated rings. The summed E-state index contributed by atoms with van der Waals surface area (Å²) in [6.45, 7) is 0. The first-order chi connectivity index (χ1) is 12.1. The molecule has 1 aliphatic carbocycles. The van der Waals surface area contributed by atoms with Crippen molar-refractivity contribution >= 4 is 11.5 Å². The Morgan fingerprint density at radius 2 is 1.56 bits per heavy atom. The van der Waals surface area contributed by atoms with Crippen molar-refractivity contribution in [3.63, 3.8) is 0 Å². The van der Waals surface area contributed by atoms with Gasteiger partial charge in [-0.1, -0.05) is 24.3 Å². The molecule has 0 radical (unpaired) electrons. The number of esters is 1. The van der Waals surface area contributed by atoms with Crippen molar-refractivity contribution in [3.8, 4) is 17.2 Å². The van der Waals surface area contributed by atoms with Crippen LogP contribution in [-0.2, 0) is 16.0 Å². The minimum Gasteiger partial charge on any atom is -0.493 e. The summed E-state index contributed by atoms with van der Waals surface area (Å²) in [4.78, 5) is 12.3. The second-order valence-electron chi connectivity index (χ2n) is 5.59. The Hall–Kier alpha value is -2.95. The van der Waals surface area contributed by atoms with E-state index in [4.69, 9.17) is 18.9 Å². The lowest BCUT2D eigenvalue weighted by Gasteiger charge is -2.16. The van der Waals surface area contributed by atoms with E-state index < -0.39 is 0 Å². The van der Waals surface area contributed by atoms with Gasteiger partial charge in [0.05, 0.1) is 28.4 Å². The molecule has 0 spiro atoms. The van der Waals surface area contributed by atoms with Crippen LogP contribution in [0.2, 0.25) is 0 Å². The number of hydrogen-bond acceptors (Lipinski definition) is 5. The van der Waals surface area contributed by atoms with Crippen molar-refractivity contribution in [1.29, 1.82) is 0 Å². The second-order valence-corrected chi connectivity index (χ2v) is 5.59. The van der Waals surface area contributed by atoms with E-state index in [0.29, 0.717) is 29.2 Å². The number of hydrogen-bond donors (Lipinski definition) is 0. The molecule has 0 heterocycles. The second kappa shape index (κ2) is 6.89. The van der Waals surface area contributed by atoms with E-state index >= 15 is 0 Å². The van der Waals surface area contributed by atoms with Gasteiger partial charge < -0.3 is 18.9 Å². The van der Waals surface area contributed by atoms with Crippen molar-refractivity contribution in [1.82, 2.24) is 0 Å². The molecule has 0 aliphatic heterocycles. The Balaban J connectivity index is 2.26. The van der Waals surface area contributed by atoms with Gasteiger partial charge >= 0.3 is 5.97 Å². The molecule has 0 saturated heterocycles. The first-order valence-corrected chi connectivity index (χ1v) is 7.84. The van der Waals surface area contributed by atoms with Gasteiger partial charge in [-0.2, -0.15) is 0 Å². The maximum absolute atomic E-state index is 12.3. The van der Waals surface area contributed by atoms with Gasteiger partial charge in [-0.05, 0) is 28.8 Å². The third-order valence-electron chi connectivity index (χ3n) is 4.34. The molecule has 25 heavy (non-hydrogen) atoms. The van der Waals surface area contributed by atoms with Gasteiger partial charge in [0.15, 0.2) is 11.5 Å². The number of ether oxygens (including phenoxy) is 4. The van der Waals surface area contributed by atoms with Crippen LogP contribution in [0.15, 0.2) is 42.0 Å². The molecule has 0 unspecified atom stereocenters. The zero-order valence-electron chi connectivity index (χ0n) is 14.7. The Morgan fingerprint density at radius 1 is 0.920 bits per heavy atom. The summed E-state index contributed by atoms with van der Waals surface area (Å²) in [5.74, 6) is 1.26. The predicted octanol–water partition coefficient (Wildman–Crippen LogP) is 3.24. The number of benzene rings is 2. The third-order valence-corrected chi connectivity index (χ3v) is 4.34. The summed E-state index contributed by atoms with van der Waals surface area (Å²) >= 11 is 0. The first-order valence-electron chi connectivity index (χ1n) is 7.84. The number of carbonyl (C=O) groups excluding carboxylic acids is 1. The van der Waals surface area contributed by atoms with Crippen LogP contribution >= 0.6 is 0 Å². The average molecular weight is 340 g/mol. The highest BCUT2D eigenvalue weighted by Gasteiger charge is 2.29. The van der Waals surface area contributed by atoms with E-state index in [-0.39, 0.29) is 5.97 Å². The van der Waals surface area contributed by atoms with Crippen LogP contribution in [0.3, 0.4) is 0 Å². The quantitative estimate of drug-likeness (QED) is 0.782. The van der Waals surface area contributed by atoms with Crippen LogP contribution in [0.5, 0.6) is 17.2 Å². The van der Waals surface area contributed by atoms with Crippen LogP contribution in [0.25, 0.3) is 5.57 Å². The molecule has 0 amide bonds. The minimum atomic E-state index is -0.333. The van der Waals surface area contributed by atoms with Gasteiger partial charge in [0.2, 0.25) is 5.75 Å². The monoisotopic (exact) mass is 340 g/mol. The van der Waals surface area contributed by atoms with Crippen LogP contribution in [0, 0.1) is 0 Å². The number of carbonyl (C=O) groups is 1. The summed E-state index contributed by atoms with van der Waals surface area (Å²) in [5, 5.41) is 0. The van der Waals surface area contributed by atoms with Crippen molar-refractivity contribution in [3.05, 3.63) is 58.7 Å². The molecular formula is C20H20O5. The summed E-state index contributed by atoms with van der Waals surface area (Å²) < 4.78 is 21.3. The lowest BCUT2D eigenvalue weighted by Crippen LogP contribution is -2.06. The lowest BCUT2D eigenvalue weighted by atomic mass is 9.96.